The third-order valence-electron chi connectivity index (χ3n) is 4.62. The Bertz CT molecular complexity index is 932. The molecule has 0 radical (unpaired) electrons. The summed E-state index contributed by atoms with van der Waals surface area (Å²) in [4.78, 5) is 42.7. The lowest BCUT2D eigenvalue weighted by molar-refractivity contribution is -0.151. The Morgan fingerprint density at radius 3 is 2.81 bits per heavy atom. The highest BCUT2D eigenvalue weighted by atomic mass is 16.5. The highest BCUT2D eigenvalue weighted by molar-refractivity contribution is 5.82. The highest BCUT2D eigenvalue weighted by Crippen LogP contribution is 2.20. The minimum Gasteiger partial charge on any atom is -0.454 e. The van der Waals surface area contributed by atoms with Gasteiger partial charge < -0.3 is 9.64 Å². The molecule has 1 aromatic carbocycles. The first-order valence-corrected chi connectivity index (χ1v) is 9.19. The van der Waals surface area contributed by atoms with E-state index in [1.54, 1.807) is 29.2 Å². The number of hydrogen-bond acceptors (Lipinski definition) is 5. The van der Waals surface area contributed by atoms with Crippen LogP contribution >= 0.6 is 0 Å². The van der Waals surface area contributed by atoms with Gasteiger partial charge in [-0.3, -0.25) is 19.0 Å². The first kappa shape index (κ1) is 18.8. The van der Waals surface area contributed by atoms with Gasteiger partial charge in [0.2, 0.25) is 0 Å². The van der Waals surface area contributed by atoms with Gasteiger partial charge in [0.25, 0.3) is 11.5 Å². The molecular formula is C20H23N3O4. The summed E-state index contributed by atoms with van der Waals surface area (Å²) in [6.07, 6.45) is 7.43. The van der Waals surface area contributed by atoms with Gasteiger partial charge in [-0.05, 0) is 44.7 Å². The molecule has 142 valence electrons. The molecule has 2 aromatic rings. The molecule has 0 spiro atoms. The van der Waals surface area contributed by atoms with Gasteiger partial charge in [0.1, 0.15) is 6.54 Å². The third-order valence-corrected chi connectivity index (χ3v) is 4.62. The normalized spacial score (nSPS) is 13.9. The molecule has 0 unspecified atom stereocenters. The van der Waals surface area contributed by atoms with Crippen LogP contribution in [0.1, 0.15) is 32.6 Å². The Kier molecular flexibility index (Phi) is 6.01. The fourth-order valence-electron chi connectivity index (χ4n) is 3.23. The number of benzene rings is 1. The van der Waals surface area contributed by atoms with Gasteiger partial charge in [-0.1, -0.05) is 18.2 Å². The Labute approximate surface area is 157 Å². The molecule has 7 heteroatoms. The molecule has 3 rings (SSSR count). The minimum atomic E-state index is -0.642. The van der Waals surface area contributed by atoms with Gasteiger partial charge in [-0.2, -0.15) is 0 Å². The Morgan fingerprint density at radius 1 is 1.26 bits per heavy atom. The van der Waals surface area contributed by atoms with Crippen molar-refractivity contribution < 1.29 is 14.3 Å². The fraction of sp³-hybridized carbons (Fsp3) is 0.400. The van der Waals surface area contributed by atoms with Crippen LogP contribution in [0.2, 0.25) is 0 Å². The Morgan fingerprint density at radius 2 is 2.07 bits per heavy atom. The standard InChI is InChI=1S/C20H23N3O4/c1-2-23(15-8-4-3-5-9-15)18(24)13-27-19(25)12-22-14-21-17-11-7-6-10-16(17)20(22)26/h6-8,10-11,14H,2-5,9,12-13H2,1H3. The molecule has 1 aromatic heterocycles. The summed E-state index contributed by atoms with van der Waals surface area (Å²) in [5, 5.41) is 0.435. The average Bonchev–Trinajstić information content (AvgIpc) is 2.70. The minimum absolute atomic E-state index is 0.247. The third kappa shape index (κ3) is 4.42. The first-order valence-electron chi connectivity index (χ1n) is 9.19. The molecular weight excluding hydrogens is 346 g/mol. The van der Waals surface area contributed by atoms with E-state index in [1.807, 2.05) is 6.92 Å². The molecule has 0 saturated carbocycles. The number of ether oxygens (including phenoxy) is 1. The number of para-hydroxylation sites is 1. The molecule has 1 aliphatic carbocycles. The zero-order valence-corrected chi connectivity index (χ0v) is 15.4. The lowest BCUT2D eigenvalue weighted by Gasteiger charge is -2.26. The van der Waals surface area contributed by atoms with Crippen molar-refractivity contribution in [2.75, 3.05) is 13.2 Å². The maximum Gasteiger partial charge on any atom is 0.326 e. The Balaban J connectivity index is 1.61. The molecule has 7 nitrogen and oxygen atoms in total. The number of allylic oxidation sites excluding steroid dienone is 2. The van der Waals surface area contributed by atoms with Gasteiger partial charge in [0.05, 0.1) is 17.2 Å². The van der Waals surface area contributed by atoms with E-state index in [4.69, 9.17) is 4.74 Å². The van der Waals surface area contributed by atoms with Crippen LogP contribution < -0.4 is 5.56 Å². The Hall–Kier alpha value is -2.96. The first-order chi connectivity index (χ1) is 13.1. The second-order valence-electron chi connectivity index (χ2n) is 6.43. The number of amides is 1. The quantitative estimate of drug-likeness (QED) is 0.730. The van der Waals surface area contributed by atoms with Crippen LogP contribution in [0.4, 0.5) is 0 Å². The lowest BCUT2D eigenvalue weighted by Crippen LogP contribution is -2.35. The van der Waals surface area contributed by atoms with Crippen molar-refractivity contribution in [2.24, 2.45) is 0 Å². The maximum atomic E-state index is 12.4. The van der Waals surface area contributed by atoms with Crippen LogP contribution in [0, 0.1) is 0 Å². The summed E-state index contributed by atoms with van der Waals surface area (Å²) in [5.41, 5.74) is 1.26. The van der Waals surface area contributed by atoms with Crippen molar-refractivity contribution in [3.05, 3.63) is 52.7 Å². The summed E-state index contributed by atoms with van der Waals surface area (Å²) >= 11 is 0. The zero-order valence-electron chi connectivity index (χ0n) is 15.4. The van der Waals surface area contributed by atoms with Crippen molar-refractivity contribution >= 4 is 22.8 Å². The molecule has 0 N–H and O–H groups in total. The molecule has 0 fully saturated rings. The molecule has 1 aliphatic rings. The molecule has 0 saturated heterocycles. The SMILES string of the molecule is CCN(C(=O)COC(=O)Cn1cnc2ccccc2c1=O)C1=CCCCC1. The molecule has 1 amide bonds. The summed E-state index contributed by atoms with van der Waals surface area (Å²) in [7, 11) is 0. The lowest BCUT2D eigenvalue weighted by atomic mass is 10.0. The van der Waals surface area contributed by atoms with Gasteiger partial charge >= 0.3 is 5.97 Å². The number of rotatable bonds is 6. The van der Waals surface area contributed by atoms with Gasteiger partial charge in [0.15, 0.2) is 6.61 Å². The van der Waals surface area contributed by atoms with E-state index >= 15 is 0 Å². The van der Waals surface area contributed by atoms with Gasteiger partial charge in [-0.25, -0.2) is 4.98 Å². The van der Waals surface area contributed by atoms with Crippen LogP contribution in [0.3, 0.4) is 0 Å². The maximum absolute atomic E-state index is 12.4. The van der Waals surface area contributed by atoms with E-state index in [1.165, 1.54) is 10.9 Å². The monoisotopic (exact) mass is 369 g/mol. The zero-order chi connectivity index (χ0) is 19.2. The largest absolute Gasteiger partial charge is 0.454 e. The number of carbonyl (C=O) groups excluding carboxylic acids is 2. The smallest absolute Gasteiger partial charge is 0.326 e. The topological polar surface area (TPSA) is 81.5 Å². The van der Waals surface area contributed by atoms with E-state index in [9.17, 15) is 14.4 Å². The van der Waals surface area contributed by atoms with Crippen molar-refractivity contribution in [3.63, 3.8) is 0 Å². The number of nitrogens with zero attached hydrogens (tertiary/aromatic N) is 3. The van der Waals surface area contributed by atoms with Crippen molar-refractivity contribution in [1.29, 1.82) is 0 Å². The molecule has 0 bridgehead atoms. The summed E-state index contributed by atoms with van der Waals surface area (Å²) < 4.78 is 6.29. The van der Waals surface area contributed by atoms with Crippen LogP contribution in [-0.2, 0) is 20.9 Å². The summed E-state index contributed by atoms with van der Waals surface area (Å²) in [6, 6.07) is 6.93. The second-order valence-corrected chi connectivity index (χ2v) is 6.43. The van der Waals surface area contributed by atoms with Crippen LogP contribution in [0.15, 0.2) is 47.2 Å². The van der Waals surface area contributed by atoms with Gasteiger partial charge in [-0.15, -0.1) is 0 Å². The van der Waals surface area contributed by atoms with Crippen LogP contribution in [0.5, 0.6) is 0 Å². The number of esters is 1. The molecule has 1 heterocycles. The fourth-order valence-corrected chi connectivity index (χ4v) is 3.23. The van der Waals surface area contributed by atoms with E-state index in [-0.39, 0.29) is 24.6 Å². The number of aromatic nitrogens is 2. The summed E-state index contributed by atoms with van der Waals surface area (Å²) in [5.74, 6) is -0.890. The van der Waals surface area contributed by atoms with E-state index in [0.29, 0.717) is 17.4 Å². The van der Waals surface area contributed by atoms with Crippen molar-refractivity contribution in [3.8, 4) is 0 Å². The number of likely N-dealkylation sites (N-methyl/N-ethyl adjacent to an activating group) is 1. The molecule has 0 atom stereocenters. The van der Waals surface area contributed by atoms with E-state index in [0.717, 1.165) is 31.4 Å². The second kappa shape index (κ2) is 8.62. The van der Waals surface area contributed by atoms with Crippen molar-refractivity contribution in [2.45, 2.75) is 39.2 Å². The predicted octanol–water partition coefficient (Wildman–Crippen LogP) is 2.25. The number of carbonyl (C=O) groups is 2. The van der Waals surface area contributed by atoms with E-state index in [2.05, 4.69) is 11.1 Å². The van der Waals surface area contributed by atoms with Crippen LogP contribution in [-0.4, -0.2) is 39.5 Å². The summed E-state index contributed by atoms with van der Waals surface area (Å²) in [6.45, 7) is 1.82. The predicted molar refractivity (Wildman–Crippen MR) is 101 cm³/mol. The van der Waals surface area contributed by atoms with Crippen LogP contribution in [0.25, 0.3) is 10.9 Å². The number of fused-ring (bicyclic) bond motifs is 1. The molecule has 0 aliphatic heterocycles. The average molecular weight is 369 g/mol. The molecule has 27 heavy (non-hydrogen) atoms. The van der Waals surface area contributed by atoms with E-state index < -0.39 is 5.97 Å². The van der Waals surface area contributed by atoms with Crippen molar-refractivity contribution in [1.82, 2.24) is 14.5 Å². The van der Waals surface area contributed by atoms with Gasteiger partial charge in [0, 0.05) is 12.2 Å². The highest BCUT2D eigenvalue weighted by Gasteiger charge is 2.19. The number of hydrogen-bond donors (Lipinski definition) is 0.